The van der Waals surface area contributed by atoms with Crippen LogP contribution in [0.4, 0.5) is 0 Å². The molecule has 0 amide bonds. The highest BCUT2D eigenvalue weighted by atomic mass is 16.4. The van der Waals surface area contributed by atoms with E-state index in [1.165, 1.54) is 0 Å². The summed E-state index contributed by atoms with van der Waals surface area (Å²) in [5.74, 6) is -8.11. The molecule has 16 heavy (non-hydrogen) atoms. The quantitative estimate of drug-likeness (QED) is 0.502. The number of hydrogen-bond donors (Lipinski definition) is 4. The van der Waals surface area contributed by atoms with E-state index in [0.29, 0.717) is 0 Å². The Kier molecular flexibility index (Phi) is 3.48. The van der Waals surface area contributed by atoms with E-state index in [9.17, 15) is 19.5 Å². The van der Waals surface area contributed by atoms with Crippen molar-refractivity contribution in [2.45, 2.75) is 18.9 Å². The van der Waals surface area contributed by atoms with Gasteiger partial charge in [-0.2, -0.15) is 0 Å². The Morgan fingerprint density at radius 2 is 1.25 bits per heavy atom. The van der Waals surface area contributed by atoms with E-state index < -0.39 is 41.8 Å². The number of aliphatic carboxylic acids is 3. The van der Waals surface area contributed by atoms with Crippen LogP contribution in [0.5, 0.6) is 0 Å². The molecule has 1 rings (SSSR count). The maximum atomic E-state index is 10.8. The molecule has 4 unspecified atom stereocenters. The Morgan fingerprint density at radius 1 is 0.812 bits per heavy atom. The van der Waals surface area contributed by atoms with Crippen LogP contribution < -0.4 is 0 Å². The molecule has 0 aliphatic heterocycles. The van der Waals surface area contributed by atoms with Crippen molar-refractivity contribution in [3.63, 3.8) is 0 Å². The molecule has 4 N–H and O–H groups in total. The minimum absolute atomic E-state index is 0.0305. The number of aliphatic hydroxyl groups is 1. The minimum atomic E-state index is -1.66. The zero-order chi connectivity index (χ0) is 12.5. The number of carboxylic acid groups (broad SMARTS) is 3. The van der Waals surface area contributed by atoms with Gasteiger partial charge < -0.3 is 20.4 Å². The fourth-order valence-electron chi connectivity index (χ4n) is 2.06. The summed E-state index contributed by atoms with van der Waals surface area (Å²) in [6, 6.07) is 0. The molecule has 0 heterocycles. The molecular weight excluding hydrogens is 220 g/mol. The molecule has 0 spiro atoms. The van der Waals surface area contributed by atoms with Crippen LogP contribution in [0.2, 0.25) is 0 Å². The van der Waals surface area contributed by atoms with Gasteiger partial charge in [0.25, 0.3) is 0 Å². The molecule has 1 aliphatic rings. The van der Waals surface area contributed by atoms with Gasteiger partial charge >= 0.3 is 17.9 Å². The van der Waals surface area contributed by atoms with Gasteiger partial charge in [0.05, 0.1) is 23.9 Å². The highest BCUT2D eigenvalue weighted by molar-refractivity contribution is 5.82. The molecule has 0 radical (unpaired) electrons. The first-order chi connectivity index (χ1) is 7.36. The molecule has 1 saturated carbocycles. The molecule has 0 bridgehead atoms. The number of hydrogen-bond acceptors (Lipinski definition) is 4. The molecule has 0 aromatic rings. The Balaban J connectivity index is 2.96. The first-order valence-electron chi connectivity index (χ1n) is 4.72. The fourth-order valence-corrected chi connectivity index (χ4v) is 2.06. The normalized spacial score (nSPS) is 34.3. The van der Waals surface area contributed by atoms with Crippen molar-refractivity contribution in [1.82, 2.24) is 0 Å². The van der Waals surface area contributed by atoms with E-state index in [0.717, 1.165) is 0 Å². The zero-order valence-electron chi connectivity index (χ0n) is 8.24. The molecule has 4 atom stereocenters. The lowest BCUT2D eigenvalue weighted by Gasteiger charge is -2.34. The van der Waals surface area contributed by atoms with Gasteiger partial charge in [0.1, 0.15) is 0 Å². The van der Waals surface area contributed by atoms with Crippen LogP contribution in [-0.4, -0.2) is 44.4 Å². The zero-order valence-corrected chi connectivity index (χ0v) is 8.24. The van der Waals surface area contributed by atoms with Crippen LogP contribution in [-0.2, 0) is 14.4 Å². The number of rotatable bonds is 3. The third-order valence-electron chi connectivity index (χ3n) is 2.92. The summed E-state index contributed by atoms with van der Waals surface area (Å²) in [6.45, 7) is 0. The second-order valence-electron chi connectivity index (χ2n) is 3.82. The van der Waals surface area contributed by atoms with Crippen LogP contribution in [0.25, 0.3) is 0 Å². The van der Waals surface area contributed by atoms with Gasteiger partial charge in [0.2, 0.25) is 0 Å². The smallest absolute Gasteiger partial charge is 0.310 e. The van der Waals surface area contributed by atoms with Gasteiger partial charge in [0, 0.05) is 0 Å². The van der Waals surface area contributed by atoms with E-state index >= 15 is 0 Å². The van der Waals surface area contributed by atoms with Crippen LogP contribution >= 0.6 is 0 Å². The van der Waals surface area contributed by atoms with Gasteiger partial charge in [-0.25, -0.2) is 0 Å². The Bertz CT molecular complexity index is 324. The highest BCUT2D eigenvalue weighted by Gasteiger charge is 2.48. The summed E-state index contributed by atoms with van der Waals surface area (Å²) >= 11 is 0. The van der Waals surface area contributed by atoms with E-state index in [4.69, 9.17) is 15.3 Å². The Labute approximate surface area is 90.3 Å². The predicted octanol–water partition coefficient (Wildman–Crippen LogP) is -0.756. The lowest BCUT2D eigenvalue weighted by molar-refractivity contribution is -0.170. The average Bonchev–Trinajstić information content (AvgIpc) is 2.15. The summed E-state index contributed by atoms with van der Waals surface area (Å²) in [5, 5.41) is 35.9. The van der Waals surface area contributed by atoms with Gasteiger partial charge in [-0.05, 0) is 12.8 Å². The second kappa shape index (κ2) is 4.48. The van der Waals surface area contributed by atoms with E-state index in [2.05, 4.69) is 0 Å². The van der Waals surface area contributed by atoms with Crippen molar-refractivity contribution in [3.8, 4) is 0 Å². The monoisotopic (exact) mass is 232 g/mol. The van der Waals surface area contributed by atoms with Crippen molar-refractivity contribution in [3.05, 3.63) is 0 Å². The van der Waals surface area contributed by atoms with Gasteiger partial charge in [-0.1, -0.05) is 0 Å². The summed E-state index contributed by atoms with van der Waals surface area (Å²) in [5.41, 5.74) is 0. The first-order valence-corrected chi connectivity index (χ1v) is 4.72. The number of aliphatic hydroxyl groups excluding tert-OH is 1. The first kappa shape index (κ1) is 12.4. The molecule has 7 heteroatoms. The molecule has 1 fully saturated rings. The summed E-state index contributed by atoms with van der Waals surface area (Å²) in [6.07, 6.45) is -1.75. The molecule has 0 aromatic heterocycles. The number of carboxylic acids is 3. The third-order valence-corrected chi connectivity index (χ3v) is 2.92. The van der Waals surface area contributed by atoms with E-state index in [1.807, 2.05) is 0 Å². The molecule has 90 valence electrons. The van der Waals surface area contributed by atoms with Crippen molar-refractivity contribution in [1.29, 1.82) is 0 Å². The lowest BCUT2D eigenvalue weighted by Crippen LogP contribution is -2.48. The maximum absolute atomic E-state index is 10.8. The van der Waals surface area contributed by atoms with Crippen molar-refractivity contribution in [2.75, 3.05) is 0 Å². The Morgan fingerprint density at radius 3 is 1.62 bits per heavy atom. The number of carbonyl (C=O) groups is 3. The minimum Gasteiger partial charge on any atom is -0.481 e. The largest absolute Gasteiger partial charge is 0.481 e. The van der Waals surface area contributed by atoms with Gasteiger partial charge in [0.15, 0.2) is 0 Å². The van der Waals surface area contributed by atoms with Crippen LogP contribution in [0, 0.1) is 17.8 Å². The van der Waals surface area contributed by atoms with Crippen molar-refractivity contribution in [2.24, 2.45) is 17.8 Å². The SMILES string of the molecule is O=C(O)C1CCC(C(=O)O)C(C(=O)O)C1O. The van der Waals surface area contributed by atoms with E-state index in [-0.39, 0.29) is 12.8 Å². The molecule has 1 aliphatic carbocycles. The average molecular weight is 232 g/mol. The molecule has 0 saturated heterocycles. The van der Waals surface area contributed by atoms with Crippen LogP contribution in [0.3, 0.4) is 0 Å². The summed E-state index contributed by atoms with van der Waals surface area (Å²) in [4.78, 5) is 32.3. The Hall–Kier alpha value is -1.63. The topological polar surface area (TPSA) is 132 Å². The predicted molar refractivity (Wildman–Crippen MR) is 48.6 cm³/mol. The molecular formula is C9H12O7. The standard InChI is InChI=1S/C9H12O7/c10-6-4(8(13)14)2-1-3(7(11)12)5(6)9(15)16/h3-6,10H,1-2H2,(H,11,12)(H,13,14)(H,15,16). The molecule has 0 aromatic carbocycles. The third kappa shape index (κ3) is 2.13. The van der Waals surface area contributed by atoms with Crippen molar-refractivity contribution < 1.29 is 34.8 Å². The van der Waals surface area contributed by atoms with E-state index in [1.54, 1.807) is 0 Å². The molecule has 7 nitrogen and oxygen atoms in total. The van der Waals surface area contributed by atoms with Gasteiger partial charge in [-0.3, -0.25) is 14.4 Å². The lowest BCUT2D eigenvalue weighted by atomic mass is 9.72. The second-order valence-corrected chi connectivity index (χ2v) is 3.82. The van der Waals surface area contributed by atoms with Crippen molar-refractivity contribution >= 4 is 17.9 Å². The highest BCUT2D eigenvalue weighted by Crippen LogP contribution is 2.35. The van der Waals surface area contributed by atoms with Crippen LogP contribution in [0.1, 0.15) is 12.8 Å². The van der Waals surface area contributed by atoms with Crippen LogP contribution in [0.15, 0.2) is 0 Å². The summed E-state index contributed by atoms with van der Waals surface area (Å²) in [7, 11) is 0. The maximum Gasteiger partial charge on any atom is 0.310 e. The summed E-state index contributed by atoms with van der Waals surface area (Å²) < 4.78 is 0. The fraction of sp³-hybridized carbons (Fsp3) is 0.667. The van der Waals surface area contributed by atoms with Gasteiger partial charge in [-0.15, -0.1) is 0 Å².